The summed E-state index contributed by atoms with van der Waals surface area (Å²) in [6.45, 7) is 2.49. The van der Waals surface area contributed by atoms with Crippen LogP contribution in [0.5, 0.6) is 0 Å². The van der Waals surface area contributed by atoms with E-state index in [-0.39, 0.29) is 16.5 Å². The second-order valence-electron chi connectivity index (χ2n) is 8.07. The first-order chi connectivity index (χ1) is 15.3. The fourth-order valence-electron chi connectivity index (χ4n) is 4.15. The number of hydrogen-bond acceptors (Lipinski definition) is 3. The molecule has 4 rings (SSSR count). The molecule has 0 fully saturated rings. The smallest absolute Gasteiger partial charge is 0.245 e. The Morgan fingerprint density at radius 2 is 1.69 bits per heavy atom. The number of anilines is 2. The van der Waals surface area contributed by atoms with Crippen molar-refractivity contribution in [3.05, 3.63) is 78.4 Å². The van der Waals surface area contributed by atoms with Crippen molar-refractivity contribution in [3.8, 4) is 11.1 Å². The molecular formula is C25H26F2N2O2S. The third-order valence-electron chi connectivity index (χ3n) is 6.02. The summed E-state index contributed by atoms with van der Waals surface area (Å²) < 4.78 is 57.4. The molecule has 3 aromatic carbocycles. The summed E-state index contributed by atoms with van der Waals surface area (Å²) in [7, 11) is -2.29. The number of nitrogens with zero attached hydrogens (tertiary/aromatic N) is 2. The van der Waals surface area contributed by atoms with Crippen LogP contribution >= 0.6 is 0 Å². The highest BCUT2D eigenvalue weighted by molar-refractivity contribution is 7.89. The van der Waals surface area contributed by atoms with Crippen molar-refractivity contribution in [2.45, 2.75) is 37.1 Å². The van der Waals surface area contributed by atoms with Crippen LogP contribution in [0.4, 0.5) is 20.2 Å². The Morgan fingerprint density at radius 3 is 2.34 bits per heavy atom. The van der Waals surface area contributed by atoms with Gasteiger partial charge in [-0.05, 0) is 48.4 Å². The average Bonchev–Trinajstić information content (AvgIpc) is 2.86. The van der Waals surface area contributed by atoms with Gasteiger partial charge in [-0.15, -0.1) is 0 Å². The molecule has 0 unspecified atom stereocenters. The molecule has 0 saturated carbocycles. The summed E-state index contributed by atoms with van der Waals surface area (Å²) in [6, 6.07) is 17.2. The number of fused-ring (bicyclic) bond motifs is 1. The molecule has 0 spiro atoms. The monoisotopic (exact) mass is 456 g/mol. The molecular weight excluding hydrogens is 430 g/mol. The molecule has 0 aliphatic carbocycles. The minimum atomic E-state index is -3.88. The molecule has 168 valence electrons. The first-order valence-electron chi connectivity index (χ1n) is 10.7. The highest BCUT2D eigenvalue weighted by Gasteiger charge is 2.37. The number of benzene rings is 3. The van der Waals surface area contributed by atoms with Crippen molar-refractivity contribution in [1.82, 2.24) is 4.31 Å². The van der Waals surface area contributed by atoms with Gasteiger partial charge in [0.25, 0.3) is 0 Å². The molecule has 1 heterocycles. The predicted octanol–water partition coefficient (Wildman–Crippen LogP) is 5.96. The van der Waals surface area contributed by atoms with Crippen molar-refractivity contribution in [1.29, 1.82) is 0 Å². The van der Waals surface area contributed by atoms with E-state index in [2.05, 4.69) is 6.92 Å². The molecule has 4 nitrogen and oxygen atoms in total. The largest absolute Gasteiger partial charge is 0.339 e. The summed E-state index contributed by atoms with van der Waals surface area (Å²) in [4.78, 5) is 1.93. The van der Waals surface area contributed by atoms with E-state index in [9.17, 15) is 12.8 Å². The van der Waals surface area contributed by atoms with Crippen LogP contribution in [-0.2, 0) is 10.0 Å². The summed E-state index contributed by atoms with van der Waals surface area (Å²) >= 11 is 0. The highest BCUT2D eigenvalue weighted by Crippen LogP contribution is 2.41. The SMILES string of the molecule is CCCC[C@@H]1CN(c2ccccc2)c2cc(F)c(-c3ccc(F)cc3)cc2S(=O)(=O)N1C. The van der Waals surface area contributed by atoms with E-state index in [0.717, 1.165) is 18.5 Å². The minimum Gasteiger partial charge on any atom is -0.339 e. The molecule has 0 radical (unpaired) electrons. The minimum absolute atomic E-state index is 0.0450. The van der Waals surface area contributed by atoms with Crippen molar-refractivity contribution in [2.75, 3.05) is 18.5 Å². The van der Waals surface area contributed by atoms with Gasteiger partial charge in [0.2, 0.25) is 10.0 Å². The maximum absolute atomic E-state index is 15.3. The Hall–Kier alpha value is -2.77. The molecule has 0 N–H and O–H groups in total. The van der Waals surface area contributed by atoms with E-state index in [1.165, 1.54) is 40.7 Å². The third kappa shape index (κ3) is 4.14. The topological polar surface area (TPSA) is 40.6 Å². The summed E-state index contributed by atoms with van der Waals surface area (Å²) in [6.07, 6.45) is 2.54. The molecule has 3 aromatic rings. The lowest BCUT2D eigenvalue weighted by Gasteiger charge is -2.29. The van der Waals surface area contributed by atoms with Gasteiger partial charge in [0.1, 0.15) is 16.5 Å². The van der Waals surface area contributed by atoms with Gasteiger partial charge in [-0.3, -0.25) is 0 Å². The van der Waals surface area contributed by atoms with Gasteiger partial charge in [0.15, 0.2) is 0 Å². The Balaban J connectivity index is 1.93. The number of hydrogen-bond donors (Lipinski definition) is 0. The van der Waals surface area contributed by atoms with Crippen LogP contribution in [0, 0.1) is 11.6 Å². The van der Waals surface area contributed by atoms with Crippen molar-refractivity contribution in [2.24, 2.45) is 0 Å². The van der Waals surface area contributed by atoms with E-state index < -0.39 is 21.7 Å². The van der Waals surface area contributed by atoms with Crippen LogP contribution in [-0.4, -0.2) is 32.4 Å². The molecule has 0 amide bonds. The zero-order chi connectivity index (χ0) is 22.9. The Morgan fingerprint density at radius 1 is 1.00 bits per heavy atom. The van der Waals surface area contributed by atoms with E-state index in [0.29, 0.717) is 24.2 Å². The fourth-order valence-corrected chi connectivity index (χ4v) is 5.73. The van der Waals surface area contributed by atoms with Gasteiger partial charge in [0, 0.05) is 30.9 Å². The standard InChI is InChI=1S/C25H26F2N2O2S/c1-3-4-8-21-17-29(20-9-6-5-7-10-20)24-16-23(27)22(18-11-13-19(26)14-12-18)15-25(24)32(30,31)28(21)2/h5-7,9-16,21H,3-4,8,17H2,1-2H3/t21-/m1/s1. The molecule has 0 saturated heterocycles. The number of sulfonamides is 1. The predicted molar refractivity (Wildman–Crippen MR) is 124 cm³/mol. The van der Waals surface area contributed by atoms with Gasteiger partial charge in [0.05, 0.1) is 5.69 Å². The first kappa shape index (κ1) is 22.4. The lowest BCUT2D eigenvalue weighted by molar-refractivity contribution is 0.351. The average molecular weight is 457 g/mol. The summed E-state index contributed by atoms with van der Waals surface area (Å²) in [5, 5.41) is 0. The van der Waals surface area contributed by atoms with Crippen LogP contribution in [0.15, 0.2) is 71.6 Å². The van der Waals surface area contributed by atoms with Crippen LogP contribution < -0.4 is 4.90 Å². The maximum atomic E-state index is 15.3. The molecule has 1 aliphatic heterocycles. The van der Waals surface area contributed by atoms with E-state index in [1.54, 1.807) is 7.05 Å². The van der Waals surface area contributed by atoms with Gasteiger partial charge in [-0.1, -0.05) is 50.1 Å². The number of rotatable bonds is 5. The lowest BCUT2D eigenvalue weighted by Crippen LogP contribution is -2.40. The first-order valence-corrected chi connectivity index (χ1v) is 12.2. The number of unbranched alkanes of at least 4 members (excludes halogenated alkanes) is 1. The Labute approximate surface area is 188 Å². The van der Waals surface area contributed by atoms with Crippen LogP contribution in [0.2, 0.25) is 0 Å². The van der Waals surface area contributed by atoms with Gasteiger partial charge in [-0.2, -0.15) is 4.31 Å². The van der Waals surface area contributed by atoms with Crippen molar-refractivity contribution < 1.29 is 17.2 Å². The molecule has 1 atom stereocenters. The Bertz CT molecular complexity index is 1200. The van der Waals surface area contributed by atoms with Gasteiger partial charge < -0.3 is 4.90 Å². The van der Waals surface area contributed by atoms with Crippen LogP contribution in [0.3, 0.4) is 0 Å². The van der Waals surface area contributed by atoms with E-state index >= 15 is 4.39 Å². The number of likely N-dealkylation sites (N-methyl/N-ethyl adjacent to an activating group) is 1. The molecule has 7 heteroatoms. The zero-order valence-electron chi connectivity index (χ0n) is 18.1. The number of halogens is 2. The van der Waals surface area contributed by atoms with E-state index in [1.807, 2.05) is 35.2 Å². The van der Waals surface area contributed by atoms with Crippen LogP contribution in [0.25, 0.3) is 11.1 Å². The molecule has 0 bridgehead atoms. The maximum Gasteiger partial charge on any atom is 0.245 e. The third-order valence-corrected chi connectivity index (χ3v) is 7.96. The molecule has 1 aliphatic rings. The second-order valence-corrected chi connectivity index (χ2v) is 10.0. The van der Waals surface area contributed by atoms with Gasteiger partial charge >= 0.3 is 0 Å². The summed E-state index contributed by atoms with van der Waals surface area (Å²) in [5.41, 5.74) is 1.66. The quantitative estimate of drug-likeness (QED) is 0.475. The van der Waals surface area contributed by atoms with Crippen molar-refractivity contribution in [3.63, 3.8) is 0 Å². The lowest BCUT2D eigenvalue weighted by atomic mass is 10.0. The second kappa shape index (κ2) is 9.00. The fraction of sp³-hybridized carbons (Fsp3) is 0.280. The highest BCUT2D eigenvalue weighted by atomic mass is 32.2. The normalized spacial score (nSPS) is 18.2. The van der Waals surface area contributed by atoms with Crippen molar-refractivity contribution >= 4 is 21.4 Å². The summed E-state index contributed by atoms with van der Waals surface area (Å²) in [5.74, 6) is -0.994. The molecule has 32 heavy (non-hydrogen) atoms. The zero-order valence-corrected chi connectivity index (χ0v) is 18.9. The Kier molecular flexibility index (Phi) is 6.31. The number of para-hydroxylation sites is 1. The van der Waals surface area contributed by atoms with E-state index in [4.69, 9.17) is 0 Å². The van der Waals surface area contributed by atoms with Crippen LogP contribution in [0.1, 0.15) is 26.2 Å². The molecule has 0 aromatic heterocycles. The van der Waals surface area contributed by atoms with Gasteiger partial charge in [-0.25, -0.2) is 17.2 Å².